The van der Waals surface area contributed by atoms with Crippen molar-refractivity contribution in [2.75, 3.05) is 6.61 Å². The van der Waals surface area contributed by atoms with Crippen molar-refractivity contribution in [3.05, 3.63) is 0 Å². The standard InChI is InChI=1S/C14H20O9Te.Na/c1-6(15)19-5-10-11(20-7(2)16)12(21-8(3)17)13(14(24)23-10)22-9(4)18;/h10-14,24H,5H2,1-4H3;/q;+1/p-1/t10-,11-,12+,13-,14+;/m1./s1. The van der Waals surface area contributed by atoms with E-state index in [9.17, 15) is 19.2 Å². The van der Waals surface area contributed by atoms with Gasteiger partial charge in [-0.1, -0.05) is 0 Å². The van der Waals surface area contributed by atoms with Crippen molar-refractivity contribution >= 4 is 62.9 Å². The van der Waals surface area contributed by atoms with Crippen LogP contribution in [0.4, 0.5) is 0 Å². The molecule has 0 N–H and O–H groups in total. The van der Waals surface area contributed by atoms with Gasteiger partial charge in [0.1, 0.15) is 0 Å². The molecule has 0 radical (unpaired) electrons. The average Bonchev–Trinajstić information content (AvgIpc) is 2.48. The van der Waals surface area contributed by atoms with Crippen molar-refractivity contribution in [3.8, 4) is 0 Å². The Hall–Kier alpha value is -0.370. The van der Waals surface area contributed by atoms with Gasteiger partial charge in [-0.3, -0.25) is 0 Å². The first-order valence-electron chi connectivity index (χ1n) is 7.49. The number of esters is 4. The molecule has 1 rings (SSSR count). The van der Waals surface area contributed by atoms with Crippen molar-refractivity contribution in [1.29, 1.82) is 0 Å². The van der Waals surface area contributed by atoms with Gasteiger partial charge in [-0.15, -0.1) is 0 Å². The van der Waals surface area contributed by atoms with Gasteiger partial charge in [0.25, 0.3) is 0 Å². The van der Waals surface area contributed by atoms with Gasteiger partial charge < -0.3 is 0 Å². The Kier molecular flexibility index (Phi) is 9.70. The van der Waals surface area contributed by atoms with Crippen LogP contribution in [0.2, 0.25) is 0 Å². The predicted octanol–water partition coefficient (Wildman–Crippen LogP) is -1.14. The number of carbonyl (C=O) groups is 4. The number of hydrogen-bond donors (Lipinski definition) is 0. The molecular formula is C14H19NaO9Te. The second-order valence-electron chi connectivity index (χ2n) is 5.30. The molecule has 5 atom stereocenters. The van der Waals surface area contributed by atoms with Crippen LogP contribution in [0, 0.1) is 0 Å². The van der Waals surface area contributed by atoms with E-state index in [1.807, 2.05) is 0 Å². The number of carbonyl (C=O) groups excluding carboxylic acids is 4. The summed E-state index contributed by atoms with van der Waals surface area (Å²) in [6, 6.07) is 0. The van der Waals surface area contributed by atoms with Gasteiger partial charge in [0, 0.05) is 0 Å². The Morgan fingerprint density at radius 1 is 0.840 bits per heavy atom. The summed E-state index contributed by atoms with van der Waals surface area (Å²) in [7, 11) is 0. The van der Waals surface area contributed by atoms with E-state index in [-0.39, 0.29) is 6.61 Å². The number of rotatable bonds is 6. The van der Waals surface area contributed by atoms with Gasteiger partial charge in [-0.25, -0.2) is 0 Å². The van der Waals surface area contributed by atoms with E-state index >= 15 is 0 Å². The summed E-state index contributed by atoms with van der Waals surface area (Å²) in [5, 5.41) is 0. The average molecular weight is 482 g/mol. The topological polar surface area (TPSA) is 114 Å². The summed E-state index contributed by atoms with van der Waals surface area (Å²) < 4.78 is 26.3. The van der Waals surface area contributed by atoms with Gasteiger partial charge in [0.15, 0.2) is 0 Å². The molecule has 9 nitrogen and oxygen atoms in total. The van der Waals surface area contributed by atoms with Crippen molar-refractivity contribution in [2.24, 2.45) is 0 Å². The van der Waals surface area contributed by atoms with Crippen molar-refractivity contribution < 1.29 is 42.9 Å². The molecule has 11 heteroatoms. The Bertz CT molecular complexity index is 526. The third-order valence-electron chi connectivity index (χ3n) is 3.18. The monoisotopic (exact) mass is 484 g/mol. The first-order valence-corrected chi connectivity index (χ1v) is 16.6. The van der Waals surface area contributed by atoms with Gasteiger partial charge in [0.2, 0.25) is 0 Å². The van der Waals surface area contributed by atoms with Crippen molar-refractivity contribution in [2.45, 2.75) is 56.3 Å². The second-order valence-corrected chi connectivity index (χ2v) is 11.1. The Morgan fingerprint density at radius 2 is 1.32 bits per heavy atom. The van der Waals surface area contributed by atoms with Crippen LogP contribution in [0.25, 0.3) is 0 Å². The maximum absolute atomic E-state index is 11.5. The molecule has 0 amide bonds. The van der Waals surface area contributed by atoms with Crippen LogP contribution in [0.3, 0.4) is 0 Å². The predicted molar refractivity (Wildman–Crippen MR) is 83.5 cm³/mol. The fourth-order valence-electron chi connectivity index (χ4n) is 2.38. The molecule has 1 aliphatic rings. The van der Waals surface area contributed by atoms with Crippen LogP contribution in [-0.2, 0) is 42.9 Å². The Labute approximate surface area is 167 Å². The van der Waals surface area contributed by atoms with E-state index in [1.165, 1.54) is 27.7 Å². The molecule has 0 aromatic rings. The van der Waals surface area contributed by atoms with E-state index in [2.05, 4.69) is 0 Å². The molecule has 1 fully saturated rings. The minimum absolute atomic E-state index is 0.164. The third kappa shape index (κ3) is 7.41. The third-order valence-corrected chi connectivity index (χ3v) is 8.71. The van der Waals surface area contributed by atoms with Gasteiger partial charge >= 0.3 is 169 Å². The summed E-state index contributed by atoms with van der Waals surface area (Å²) in [5.41, 5.74) is 0. The summed E-state index contributed by atoms with van der Waals surface area (Å²) in [6.07, 6.45) is -3.75. The quantitative estimate of drug-likeness (QED) is 0.264. The molecule has 0 aliphatic carbocycles. The number of ether oxygens (including phenoxy) is 5. The van der Waals surface area contributed by atoms with Crippen LogP contribution >= 0.6 is 0 Å². The second kappa shape index (κ2) is 10.7. The first-order chi connectivity index (χ1) is 11.6. The van der Waals surface area contributed by atoms with E-state index in [1.54, 1.807) is 0 Å². The summed E-state index contributed by atoms with van der Waals surface area (Å²) in [6.45, 7) is 4.72. The van der Waals surface area contributed by atoms with Crippen LogP contribution < -0.4 is 0 Å². The van der Waals surface area contributed by atoms with Crippen LogP contribution in [0.15, 0.2) is 0 Å². The molecule has 0 saturated carbocycles. The Morgan fingerprint density at radius 3 is 1.76 bits per heavy atom. The normalized spacial score (nSPS) is 28.6. The zero-order chi connectivity index (χ0) is 19.1. The number of hydrogen-bond acceptors (Lipinski definition) is 9. The van der Waals surface area contributed by atoms with E-state index in [0.29, 0.717) is 0 Å². The molecule has 1 heterocycles. The van der Waals surface area contributed by atoms with Crippen LogP contribution in [0.1, 0.15) is 27.7 Å². The maximum atomic E-state index is 11.5. The SMILES string of the molecule is CC(=O)OC[C@H]1O[C@@H]([Te][Na])[C@H](OC(C)=O)[C@@H](OC(C)=O)[C@@H]1OC(C)=O. The minimum atomic E-state index is -1.05. The van der Waals surface area contributed by atoms with Crippen LogP contribution in [0.5, 0.6) is 0 Å². The fraction of sp³-hybridized carbons (Fsp3) is 0.714. The molecule has 0 aromatic heterocycles. The van der Waals surface area contributed by atoms with Crippen molar-refractivity contribution in [3.63, 3.8) is 0 Å². The van der Waals surface area contributed by atoms with Gasteiger partial charge in [0.05, 0.1) is 0 Å². The molecule has 25 heavy (non-hydrogen) atoms. The Balaban J connectivity index is 3.18. The van der Waals surface area contributed by atoms with E-state index in [0.717, 1.165) is 23.5 Å². The molecule has 1 aliphatic heterocycles. The molecule has 136 valence electrons. The molecule has 0 spiro atoms. The molecule has 0 bridgehead atoms. The van der Waals surface area contributed by atoms with Gasteiger partial charge in [-0.05, 0) is 0 Å². The molecule has 1 saturated heterocycles. The first kappa shape index (κ1) is 22.7. The molecule has 0 aromatic carbocycles. The van der Waals surface area contributed by atoms with E-state index in [4.69, 9.17) is 23.7 Å². The zero-order valence-corrected chi connectivity index (χ0v) is 19.0. The summed E-state index contributed by atoms with van der Waals surface area (Å²) in [4.78, 5) is 45.6. The van der Waals surface area contributed by atoms with Gasteiger partial charge in [-0.2, -0.15) is 0 Å². The van der Waals surface area contributed by atoms with Crippen molar-refractivity contribution in [1.82, 2.24) is 0 Å². The summed E-state index contributed by atoms with van der Waals surface area (Å²) in [5.74, 6) is -2.31. The zero-order valence-electron chi connectivity index (χ0n) is 14.7. The fourth-order valence-corrected chi connectivity index (χ4v) is 7.01. The summed E-state index contributed by atoms with van der Waals surface area (Å²) >= 11 is 0.195. The van der Waals surface area contributed by atoms with Crippen LogP contribution in [-0.4, -0.2) is 98.1 Å². The van der Waals surface area contributed by atoms with E-state index < -0.39 is 68.0 Å². The molecule has 0 unspecified atom stereocenters. The molecular weight excluding hydrogens is 463 g/mol.